The molecule has 1 aromatic rings. The van der Waals surface area contributed by atoms with Crippen LogP contribution in [0.3, 0.4) is 0 Å². The van der Waals surface area contributed by atoms with Gasteiger partial charge in [0.25, 0.3) is 5.91 Å². The number of phenolic OH excluding ortho intramolecular Hbond substituents is 1. The van der Waals surface area contributed by atoms with Crippen LogP contribution in [-0.2, 0) is 4.79 Å². The Balaban J connectivity index is 2.16. The zero-order valence-corrected chi connectivity index (χ0v) is 11.4. The smallest absolute Gasteiger partial charge is 0.254 e. The van der Waals surface area contributed by atoms with Crippen LogP contribution in [0.4, 0.5) is 0 Å². The molecule has 6 heteroatoms. The lowest BCUT2D eigenvalue weighted by Gasteiger charge is -2.35. The van der Waals surface area contributed by atoms with E-state index in [1.807, 2.05) is 6.92 Å². The number of carbonyl (C=O) groups excluding carboxylic acids is 2. The normalized spacial score (nSPS) is 18.6. The number of carbonyl (C=O) groups is 2. The van der Waals surface area contributed by atoms with Crippen molar-refractivity contribution in [2.45, 2.75) is 13.0 Å². The van der Waals surface area contributed by atoms with Crippen LogP contribution in [0.2, 0.25) is 0 Å². The highest BCUT2D eigenvalue weighted by molar-refractivity contribution is 5.97. The minimum Gasteiger partial charge on any atom is -0.508 e. The SMILES string of the molecule is CCNC(=O)C1CNCCN1C(=O)c1ccc(O)cc1. The molecule has 0 saturated carbocycles. The number of rotatable bonds is 3. The minimum atomic E-state index is -0.495. The van der Waals surface area contributed by atoms with Gasteiger partial charge in [-0.25, -0.2) is 0 Å². The summed E-state index contributed by atoms with van der Waals surface area (Å²) in [5.74, 6) is -0.225. The minimum absolute atomic E-state index is 0.113. The molecule has 1 saturated heterocycles. The monoisotopic (exact) mass is 277 g/mol. The number of aromatic hydroxyl groups is 1. The molecule has 0 aliphatic carbocycles. The van der Waals surface area contributed by atoms with Crippen molar-refractivity contribution < 1.29 is 14.7 Å². The summed E-state index contributed by atoms with van der Waals surface area (Å²) in [7, 11) is 0. The summed E-state index contributed by atoms with van der Waals surface area (Å²) in [6.45, 7) is 3.99. The fourth-order valence-corrected chi connectivity index (χ4v) is 2.24. The maximum atomic E-state index is 12.5. The van der Waals surface area contributed by atoms with Crippen molar-refractivity contribution in [3.63, 3.8) is 0 Å². The number of hydrogen-bond donors (Lipinski definition) is 3. The highest BCUT2D eigenvalue weighted by Gasteiger charge is 2.32. The number of benzene rings is 1. The van der Waals surface area contributed by atoms with E-state index >= 15 is 0 Å². The number of hydrogen-bond acceptors (Lipinski definition) is 4. The number of likely N-dealkylation sites (N-methyl/N-ethyl adjacent to an activating group) is 1. The second-order valence-electron chi connectivity index (χ2n) is 4.66. The van der Waals surface area contributed by atoms with E-state index < -0.39 is 6.04 Å². The Hall–Kier alpha value is -2.08. The molecule has 0 bridgehead atoms. The van der Waals surface area contributed by atoms with Gasteiger partial charge < -0.3 is 20.6 Å². The summed E-state index contributed by atoms with van der Waals surface area (Å²) >= 11 is 0. The molecule has 0 aromatic heterocycles. The lowest BCUT2D eigenvalue weighted by molar-refractivity contribution is -0.126. The molecule has 1 unspecified atom stereocenters. The Kier molecular flexibility index (Phi) is 4.57. The van der Waals surface area contributed by atoms with E-state index in [0.717, 1.165) is 0 Å². The summed E-state index contributed by atoms with van der Waals surface area (Å²) < 4.78 is 0. The van der Waals surface area contributed by atoms with Crippen LogP contribution >= 0.6 is 0 Å². The van der Waals surface area contributed by atoms with Gasteiger partial charge in [-0.3, -0.25) is 9.59 Å². The summed E-state index contributed by atoms with van der Waals surface area (Å²) in [4.78, 5) is 26.1. The summed E-state index contributed by atoms with van der Waals surface area (Å²) in [5.41, 5.74) is 0.471. The second-order valence-corrected chi connectivity index (χ2v) is 4.66. The van der Waals surface area contributed by atoms with Gasteiger partial charge in [-0.15, -0.1) is 0 Å². The Bertz CT molecular complexity index is 487. The van der Waals surface area contributed by atoms with Crippen molar-refractivity contribution in [1.82, 2.24) is 15.5 Å². The number of phenols is 1. The third-order valence-electron chi connectivity index (χ3n) is 3.27. The Labute approximate surface area is 117 Å². The Morgan fingerprint density at radius 2 is 2.10 bits per heavy atom. The zero-order chi connectivity index (χ0) is 14.5. The molecule has 1 aliphatic rings. The van der Waals surface area contributed by atoms with Crippen LogP contribution in [0.1, 0.15) is 17.3 Å². The van der Waals surface area contributed by atoms with Gasteiger partial charge in [0.1, 0.15) is 11.8 Å². The van der Waals surface area contributed by atoms with Gasteiger partial charge in [0.2, 0.25) is 5.91 Å². The molecule has 1 heterocycles. The quantitative estimate of drug-likeness (QED) is 0.723. The largest absolute Gasteiger partial charge is 0.508 e. The number of amides is 2. The van der Waals surface area contributed by atoms with Crippen molar-refractivity contribution in [2.75, 3.05) is 26.2 Å². The van der Waals surface area contributed by atoms with Gasteiger partial charge in [-0.05, 0) is 31.2 Å². The van der Waals surface area contributed by atoms with E-state index in [9.17, 15) is 14.7 Å². The van der Waals surface area contributed by atoms with E-state index in [-0.39, 0.29) is 17.6 Å². The average Bonchev–Trinajstić information content (AvgIpc) is 2.47. The first-order valence-electron chi connectivity index (χ1n) is 6.72. The highest BCUT2D eigenvalue weighted by Crippen LogP contribution is 2.14. The van der Waals surface area contributed by atoms with Crippen LogP contribution in [0.25, 0.3) is 0 Å². The molecule has 1 aromatic carbocycles. The third kappa shape index (κ3) is 3.08. The standard InChI is InChI=1S/C14H19N3O3/c1-2-16-13(19)12-9-15-7-8-17(12)14(20)10-3-5-11(18)6-4-10/h3-6,12,15,18H,2,7-9H2,1H3,(H,16,19). The molecule has 0 radical (unpaired) electrons. The number of nitrogens with zero attached hydrogens (tertiary/aromatic N) is 1. The molecular formula is C14H19N3O3. The van der Waals surface area contributed by atoms with Crippen LogP contribution in [0.15, 0.2) is 24.3 Å². The van der Waals surface area contributed by atoms with Gasteiger partial charge in [0, 0.05) is 31.7 Å². The average molecular weight is 277 g/mol. The van der Waals surface area contributed by atoms with Crippen LogP contribution in [0, 0.1) is 0 Å². The predicted molar refractivity (Wildman–Crippen MR) is 74.5 cm³/mol. The van der Waals surface area contributed by atoms with Crippen molar-refractivity contribution in [1.29, 1.82) is 0 Å². The van der Waals surface area contributed by atoms with Crippen molar-refractivity contribution in [3.8, 4) is 5.75 Å². The Morgan fingerprint density at radius 1 is 1.40 bits per heavy atom. The first-order chi connectivity index (χ1) is 9.63. The van der Waals surface area contributed by atoms with Crippen molar-refractivity contribution in [3.05, 3.63) is 29.8 Å². The molecule has 6 nitrogen and oxygen atoms in total. The lowest BCUT2D eigenvalue weighted by atomic mass is 10.1. The van der Waals surface area contributed by atoms with E-state index in [1.54, 1.807) is 17.0 Å². The topological polar surface area (TPSA) is 81.7 Å². The third-order valence-corrected chi connectivity index (χ3v) is 3.27. The molecule has 108 valence electrons. The summed E-state index contributed by atoms with van der Waals surface area (Å²) in [6.07, 6.45) is 0. The molecular weight excluding hydrogens is 258 g/mol. The fourth-order valence-electron chi connectivity index (χ4n) is 2.24. The first kappa shape index (κ1) is 14.3. The fraction of sp³-hybridized carbons (Fsp3) is 0.429. The number of nitrogens with one attached hydrogen (secondary N) is 2. The molecule has 2 rings (SSSR count). The molecule has 20 heavy (non-hydrogen) atoms. The van der Waals surface area contributed by atoms with Crippen molar-refractivity contribution >= 4 is 11.8 Å². The first-order valence-corrected chi connectivity index (χ1v) is 6.72. The van der Waals surface area contributed by atoms with Gasteiger partial charge in [0.15, 0.2) is 0 Å². The zero-order valence-electron chi connectivity index (χ0n) is 11.4. The van der Waals surface area contributed by atoms with Crippen LogP contribution in [0.5, 0.6) is 5.75 Å². The number of piperazine rings is 1. The van der Waals surface area contributed by atoms with Crippen molar-refractivity contribution in [2.24, 2.45) is 0 Å². The maximum absolute atomic E-state index is 12.5. The summed E-state index contributed by atoms with van der Waals surface area (Å²) in [6, 6.07) is 5.57. The molecule has 0 spiro atoms. The Morgan fingerprint density at radius 3 is 2.75 bits per heavy atom. The molecule has 1 atom stereocenters. The van der Waals surface area contributed by atoms with E-state index in [2.05, 4.69) is 10.6 Å². The van der Waals surface area contributed by atoms with Crippen LogP contribution < -0.4 is 10.6 Å². The molecule has 2 amide bonds. The van der Waals surface area contributed by atoms with E-state index in [1.165, 1.54) is 12.1 Å². The van der Waals surface area contributed by atoms with Crippen LogP contribution in [-0.4, -0.2) is 54.0 Å². The van der Waals surface area contributed by atoms with Gasteiger partial charge in [-0.1, -0.05) is 0 Å². The molecule has 1 fully saturated rings. The summed E-state index contributed by atoms with van der Waals surface area (Å²) in [5, 5.41) is 15.1. The van der Waals surface area contributed by atoms with Gasteiger partial charge in [-0.2, -0.15) is 0 Å². The predicted octanol–water partition coefficient (Wildman–Crippen LogP) is -0.0577. The molecule has 3 N–H and O–H groups in total. The second kappa shape index (κ2) is 6.38. The maximum Gasteiger partial charge on any atom is 0.254 e. The van der Waals surface area contributed by atoms with Gasteiger partial charge >= 0.3 is 0 Å². The lowest BCUT2D eigenvalue weighted by Crippen LogP contribution is -2.59. The highest BCUT2D eigenvalue weighted by atomic mass is 16.3. The molecule has 1 aliphatic heterocycles. The van der Waals surface area contributed by atoms with Gasteiger partial charge in [0.05, 0.1) is 0 Å². The van der Waals surface area contributed by atoms with E-state index in [0.29, 0.717) is 31.7 Å². The van der Waals surface area contributed by atoms with E-state index in [4.69, 9.17) is 0 Å².